The summed E-state index contributed by atoms with van der Waals surface area (Å²) in [5, 5.41) is 8.43. The molecule has 0 aromatic heterocycles. The number of carboxylic acids is 1. The molecule has 0 saturated heterocycles. The minimum Gasteiger partial charge on any atom is -1.00 e. The predicted octanol–water partition coefficient (Wildman–Crippen LogP) is -0.469. The van der Waals surface area contributed by atoms with Crippen LogP contribution in [0.3, 0.4) is 0 Å². The molecular formula is C7H14BrNaO2. The van der Waals surface area contributed by atoms with Crippen LogP contribution in [0.1, 0.15) is 34.0 Å². The van der Waals surface area contributed by atoms with Gasteiger partial charge in [0.05, 0.1) is 0 Å². The molecule has 2 nitrogen and oxygen atoms in total. The Morgan fingerprint density at radius 1 is 1.64 bits per heavy atom. The number of carbonyl (C=O) groups is 1. The van der Waals surface area contributed by atoms with Crippen LogP contribution in [0.5, 0.6) is 0 Å². The van der Waals surface area contributed by atoms with Gasteiger partial charge in [-0.25, -0.2) is 0 Å². The molecule has 0 aliphatic heterocycles. The van der Waals surface area contributed by atoms with Gasteiger partial charge < -0.3 is 6.53 Å². The molecular weight excluding hydrogens is 219 g/mol. The molecule has 0 aromatic rings. The third kappa shape index (κ3) is 8.86. The predicted molar refractivity (Wildman–Crippen MR) is 45.6 cm³/mol. The Labute approximate surface area is 99.7 Å². The van der Waals surface area contributed by atoms with E-state index in [9.17, 15) is 4.79 Å². The molecule has 1 atom stereocenters. The third-order valence-corrected chi connectivity index (χ3v) is 2.18. The largest absolute Gasteiger partial charge is 1.00 e. The van der Waals surface area contributed by atoms with E-state index in [2.05, 4.69) is 22.9 Å². The Morgan fingerprint density at radius 2 is 2.18 bits per heavy atom. The van der Waals surface area contributed by atoms with Crippen LogP contribution in [0.4, 0.5) is 0 Å². The van der Waals surface area contributed by atoms with Crippen LogP contribution in [-0.4, -0.2) is 15.9 Å². The average Bonchev–Trinajstić information content (AvgIpc) is 1.88. The topological polar surface area (TPSA) is 37.3 Å². The van der Waals surface area contributed by atoms with Crippen molar-refractivity contribution in [3.05, 3.63) is 0 Å². The number of aliphatic carboxylic acids is 1. The molecule has 0 aromatic carbocycles. The minimum atomic E-state index is -0.754. The maximum atomic E-state index is 10.2. The standard InChI is InChI=1S/C7H13BrO2.Na.H/c1-2-3-4-5-6(8)7(9)10;;/h6H,2-5H2,1H3,(H,9,10);;/q;+1;-1. The van der Waals surface area contributed by atoms with Crippen molar-refractivity contribution >= 4 is 21.9 Å². The van der Waals surface area contributed by atoms with E-state index < -0.39 is 5.97 Å². The van der Waals surface area contributed by atoms with Gasteiger partial charge in [-0.2, -0.15) is 0 Å². The van der Waals surface area contributed by atoms with Crippen LogP contribution in [0.15, 0.2) is 0 Å². The number of carboxylic acid groups (broad SMARTS) is 1. The first-order valence-corrected chi connectivity index (χ1v) is 4.47. The van der Waals surface area contributed by atoms with Crippen LogP contribution in [0.2, 0.25) is 0 Å². The van der Waals surface area contributed by atoms with Crippen molar-refractivity contribution in [2.24, 2.45) is 0 Å². The van der Waals surface area contributed by atoms with Crippen LogP contribution in [-0.2, 0) is 4.79 Å². The Kier molecular flexibility index (Phi) is 11.9. The molecule has 0 fully saturated rings. The van der Waals surface area contributed by atoms with Crippen molar-refractivity contribution < 1.29 is 40.9 Å². The number of rotatable bonds is 5. The fourth-order valence-electron chi connectivity index (χ4n) is 0.697. The summed E-state index contributed by atoms with van der Waals surface area (Å²) in [6, 6.07) is 0. The van der Waals surface area contributed by atoms with Gasteiger partial charge in [0.1, 0.15) is 4.83 Å². The van der Waals surface area contributed by atoms with E-state index >= 15 is 0 Å². The van der Waals surface area contributed by atoms with Gasteiger partial charge in [-0.15, -0.1) is 0 Å². The smallest absolute Gasteiger partial charge is 1.00 e. The summed E-state index contributed by atoms with van der Waals surface area (Å²) in [7, 11) is 0. The zero-order valence-electron chi connectivity index (χ0n) is 8.14. The zero-order chi connectivity index (χ0) is 7.98. The Balaban J connectivity index is -0.000000405. The summed E-state index contributed by atoms with van der Waals surface area (Å²) < 4.78 is 0. The first-order chi connectivity index (χ1) is 4.68. The van der Waals surface area contributed by atoms with Gasteiger partial charge in [-0.05, 0) is 6.42 Å². The fraction of sp³-hybridized carbons (Fsp3) is 0.857. The second kappa shape index (κ2) is 9.04. The molecule has 0 radical (unpaired) electrons. The van der Waals surface area contributed by atoms with E-state index in [0.717, 1.165) is 25.7 Å². The van der Waals surface area contributed by atoms with Crippen molar-refractivity contribution in [1.82, 2.24) is 0 Å². The Morgan fingerprint density at radius 3 is 2.55 bits per heavy atom. The normalized spacial score (nSPS) is 11.8. The molecule has 1 N–H and O–H groups in total. The van der Waals surface area contributed by atoms with Crippen LogP contribution >= 0.6 is 15.9 Å². The van der Waals surface area contributed by atoms with Gasteiger partial charge in [-0.3, -0.25) is 4.79 Å². The van der Waals surface area contributed by atoms with Gasteiger partial charge >= 0.3 is 35.5 Å². The van der Waals surface area contributed by atoms with E-state index in [4.69, 9.17) is 5.11 Å². The minimum absolute atomic E-state index is 0. The van der Waals surface area contributed by atoms with Crippen molar-refractivity contribution in [3.63, 3.8) is 0 Å². The summed E-state index contributed by atoms with van der Waals surface area (Å²) in [6.07, 6.45) is 4.00. The number of hydrogen-bond donors (Lipinski definition) is 1. The van der Waals surface area contributed by atoms with Crippen molar-refractivity contribution in [2.45, 2.75) is 37.4 Å². The molecule has 4 heteroatoms. The third-order valence-electron chi connectivity index (χ3n) is 1.33. The van der Waals surface area contributed by atoms with Gasteiger partial charge in [0.15, 0.2) is 0 Å². The number of unbranched alkanes of at least 4 members (excludes halogenated alkanes) is 2. The van der Waals surface area contributed by atoms with Crippen molar-refractivity contribution in [3.8, 4) is 0 Å². The summed E-state index contributed by atoms with van der Waals surface area (Å²) in [6.45, 7) is 2.10. The van der Waals surface area contributed by atoms with Crippen molar-refractivity contribution in [1.29, 1.82) is 0 Å². The zero-order valence-corrected chi connectivity index (χ0v) is 10.7. The molecule has 0 amide bonds. The molecule has 0 rings (SSSR count). The van der Waals surface area contributed by atoms with Gasteiger partial charge in [-0.1, -0.05) is 42.1 Å². The summed E-state index contributed by atoms with van der Waals surface area (Å²) in [5.41, 5.74) is 0. The molecule has 0 aliphatic carbocycles. The maximum absolute atomic E-state index is 10.2. The number of alkyl halides is 1. The van der Waals surface area contributed by atoms with E-state index in [-0.39, 0.29) is 35.8 Å². The molecule has 0 heterocycles. The van der Waals surface area contributed by atoms with E-state index in [1.165, 1.54) is 0 Å². The molecule has 0 aliphatic rings. The molecule has 0 bridgehead atoms. The van der Waals surface area contributed by atoms with Gasteiger partial charge in [0, 0.05) is 0 Å². The molecule has 62 valence electrons. The fourth-order valence-corrected chi connectivity index (χ4v) is 1.02. The van der Waals surface area contributed by atoms with Gasteiger partial charge in [0.25, 0.3) is 0 Å². The molecule has 0 spiro atoms. The number of hydrogen-bond acceptors (Lipinski definition) is 1. The molecule has 1 unspecified atom stereocenters. The average molecular weight is 233 g/mol. The van der Waals surface area contributed by atoms with E-state index in [1.54, 1.807) is 0 Å². The quantitative estimate of drug-likeness (QED) is 0.396. The van der Waals surface area contributed by atoms with E-state index in [0.29, 0.717) is 0 Å². The second-order valence-electron chi connectivity index (χ2n) is 2.30. The summed E-state index contributed by atoms with van der Waals surface area (Å²) >= 11 is 3.07. The number of halogens is 1. The Bertz CT molecular complexity index is 114. The monoisotopic (exact) mass is 232 g/mol. The second-order valence-corrected chi connectivity index (χ2v) is 3.41. The first-order valence-electron chi connectivity index (χ1n) is 3.55. The maximum Gasteiger partial charge on any atom is 1.00 e. The van der Waals surface area contributed by atoms with Gasteiger partial charge in [0.2, 0.25) is 0 Å². The van der Waals surface area contributed by atoms with Crippen LogP contribution in [0, 0.1) is 0 Å². The Hall–Kier alpha value is 0.950. The van der Waals surface area contributed by atoms with Crippen molar-refractivity contribution in [2.75, 3.05) is 0 Å². The van der Waals surface area contributed by atoms with E-state index in [1.807, 2.05) is 0 Å². The molecule has 0 saturated carbocycles. The van der Waals surface area contributed by atoms with Crippen LogP contribution < -0.4 is 29.6 Å². The van der Waals surface area contributed by atoms with Crippen LogP contribution in [0.25, 0.3) is 0 Å². The molecule has 11 heavy (non-hydrogen) atoms. The SMILES string of the molecule is CCCCCC(Br)C(=O)O.[H-].[Na+]. The first kappa shape index (κ1) is 14.5. The summed E-state index contributed by atoms with van der Waals surface area (Å²) in [4.78, 5) is 9.90. The summed E-state index contributed by atoms with van der Waals surface area (Å²) in [5.74, 6) is -0.754.